The molecule has 1 unspecified atom stereocenters. The lowest BCUT2D eigenvalue weighted by atomic mass is 9.98. The zero-order chi connectivity index (χ0) is 14.5. The minimum Gasteiger partial charge on any atom is -0.329 e. The highest BCUT2D eigenvalue weighted by molar-refractivity contribution is 5.25. The molecule has 0 radical (unpaired) electrons. The first kappa shape index (κ1) is 15.5. The molecule has 1 saturated carbocycles. The summed E-state index contributed by atoms with van der Waals surface area (Å²) in [5, 5.41) is 0. The third-order valence-electron chi connectivity index (χ3n) is 4.27. The summed E-state index contributed by atoms with van der Waals surface area (Å²) in [4.78, 5) is 2.55. The molecule has 0 amide bonds. The Morgan fingerprint density at radius 1 is 1.20 bits per heavy atom. The van der Waals surface area contributed by atoms with Crippen molar-refractivity contribution in [1.29, 1.82) is 0 Å². The smallest absolute Gasteiger partial charge is 0.0470 e. The average Bonchev–Trinajstić information content (AvgIpc) is 3.23. The lowest BCUT2D eigenvalue weighted by molar-refractivity contribution is 0.203. The van der Waals surface area contributed by atoms with Crippen LogP contribution in [0.5, 0.6) is 0 Å². The summed E-state index contributed by atoms with van der Waals surface area (Å²) in [6, 6.07) is 9.51. The summed E-state index contributed by atoms with van der Waals surface area (Å²) >= 11 is 0. The third kappa shape index (κ3) is 4.32. The van der Waals surface area contributed by atoms with Crippen LogP contribution in [-0.2, 0) is 6.42 Å². The van der Waals surface area contributed by atoms with E-state index in [1.807, 2.05) is 0 Å². The van der Waals surface area contributed by atoms with Crippen LogP contribution in [-0.4, -0.2) is 24.5 Å². The zero-order valence-corrected chi connectivity index (χ0v) is 13.3. The number of likely N-dealkylation sites (N-methyl/N-ethyl adjacent to an activating group) is 1. The Labute approximate surface area is 124 Å². The van der Waals surface area contributed by atoms with E-state index in [1.54, 1.807) is 0 Å². The van der Waals surface area contributed by atoms with Crippen molar-refractivity contribution in [3.63, 3.8) is 0 Å². The van der Waals surface area contributed by atoms with Crippen molar-refractivity contribution in [1.82, 2.24) is 4.90 Å². The molecule has 0 aliphatic heterocycles. The maximum atomic E-state index is 6.05. The van der Waals surface area contributed by atoms with E-state index in [4.69, 9.17) is 5.73 Å². The largest absolute Gasteiger partial charge is 0.329 e. The van der Waals surface area contributed by atoms with Gasteiger partial charge in [0.1, 0.15) is 0 Å². The maximum absolute atomic E-state index is 6.05. The van der Waals surface area contributed by atoms with Gasteiger partial charge in [-0.3, -0.25) is 4.90 Å². The van der Waals surface area contributed by atoms with Crippen molar-refractivity contribution < 1.29 is 0 Å². The molecular weight excluding hydrogens is 244 g/mol. The Hall–Kier alpha value is -0.860. The topological polar surface area (TPSA) is 29.3 Å². The molecule has 0 saturated heterocycles. The molecule has 20 heavy (non-hydrogen) atoms. The first-order valence-electron chi connectivity index (χ1n) is 8.17. The van der Waals surface area contributed by atoms with E-state index in [2.05, 4.69) is 49.9 Å². The number of rotatable bonds is 8. The third-order valence-corrected chi connectivity index (χ3v) is 4.27. The van der Waals surface area contributed by atoms with Crippen LogP contribution in [0.15, 0.2) is 24.3 Å². The second kappa shape index (κ2) is 7.24. The van der Waals surface area contributed by atoms with Gasteiger partial charge in [0, 0.05) is 19.1 Å². The number of benzene rings is 1. The summed E-state index contributed by atoms with van der Waals surface area (Å²) in [6.07, 6.45) is 3.97. The molecule has 1 aliphatic rings. The monoisotopic (exact) mass is 274 g/mol. The van der Waals surface area contributed by atoms with E-state index < -0.39 is 0 Å². The Balaban J connectivity index is 2.05. The Morgan fingerprint density at radius 3 is 2.30 bits per heavy atom. The minimum atomic E-state index is 0.383. The van der Waals surface area contributed by atoms with Crippen LogP contribution in [0.2, 0.25) is 0 Å². The van der Waals surface area contributed by atoms with Crippen LogP contribution in [0.4, 0.5) is 0 Å². The van der Waals surface area contributed by atoms with Crippen LogP contribution < -0.4 is 5.73 Å². The van der Waals surface area contributed by atoms with E-state index in [0.29, 0.717) is 18.5 Å². The quantitative estimate of drug-likeness (QED) is 0.784. The van der Waals surface area contributed by atoms with Crippen LogP contribution in [0.3, 0.4) is 0 Å². The number of hydrogen-bond donors (Lipinski definition) is 1. The molecular formula is C18H30N2. The van der Waals surface area contributed by atoms with Gasteiger partial charge < -0.3 is 5.73 Å². The van der Waals surface area contributed by atoms with Crippen molar-refractivity contribution in [3.8, 4) is 0 Å². The Bertz CT molecular complexity index is 392. The molecule has 1 atom stereocenters. The van der Waals surface area contributed by atoms with E-state index in [9.17, 15) is 0 Å². The Morgan fingerprint density at radius 2 is 1.85 bits per heavy atom. The standard InChI is InChI=1S/C18H30N2/c1-4-20(13-16-5-6-16)18(12-19)17-9-7-15(8-10-17)11-14(2)3/h7-10,14,16,18H,4-6,11-13,19H2,1-3H3. The normalized spacial score (nSPS) is 16.9. The van der Waals surface area contributed by atoms with Gasteiger partial charge in [0.25, 0.3) is 0 Å². The van der Waals surface area contributed by atoms with E-state index >= 15 is 0 Å². The van der Waals surface area contributed by atoms with Crippen LogP contribution in [0.1, 0.15) is 50.8 Å². The summed E-state index contributed by atoms with van der Waals surface area (Å²) in [6.45, 7) is 9.80. The van der Waals surface area contributed by atoms with Gasteiger partial charge in [-0.1, -0.05) is 45.0 Å². The summed E-state index contributed by atoms with van der Waals surface area (Å²) in [7, 11) is 0. The second-order valence-corrected chi connectivity index (χ2v) is 6.62. The minimum absolute atomic E-state index is 0.383. The predicted molar refractivity (Wildman–Crippen MR) is 86.8 cm³/mol. The lowest BCUT2D eigenvalue weighted by Gasteiger charge is -2.30. The van der Waals surface area contributed by atoms with Crippen LogP contribution >= 0.6 is 0 Å². The number of hydrogen-bond acceptors (Lipinski definition) is 2. The maximum Gasteiger partial charge on any atom is 0.0470 e. The molecule has 0 bridgehead atoms. The van der Waals surface area contributed by atoms with Gasteiger partial charge in [0.2, 0.25) is 0 Å². The van der Waals surface area contributed by atoms with Crippen molar-refractivity contribution in [2.45, 2.75) is 46.1 Å². The lowest BCUT2D eigenvalue weighted by Crippen LogP contribution is -2.35. The molecule has 2 nitrogen and oxygen atoms in total. The molecule has 1 aromatic rings. The van der Waals surface area contributed by atoms with Gasteiger partial charge in [0.05, 0.1) is 0 Å². The summed E-state index contributed by atoms with van der Waals surface area (Å²) in [5.74, 6) is 1.64. The predicted octanol–water partition coefficient (Wildman–Crippen LogP) is 3.62. The van der Waals surface area contributed by atoms with Gasteiger partial charge >= 0.3 is 0 Å². The van der Waals surface area contributed by atoms with Gasteiger partial charge in [0.15, 0.2) is 0 Å². The molecule has 2 N–H and O–H groups in total. The highest BCUT2D eigenvalue weighted by Gasteiger charge is 2.27. The SMILES string of the molecule is CCN(CC1CC1)C(CN)c1ccc(CC(C)C)cc1. The van der Waals surface area contributed by atoms with E-state index in [1.165, 1.54) is 30.5 Å². The molecule has 0 spiro atoms. The highest BCUT2D eigenvalue weighted by Crippen LogP contribution is 2.32. The fraction of sp³-hybridized carbons (Fsp3) is 0.667. The van der Waals surface area contributed by atoms with Gasteiger partial charge in [-0.05, 0) is 48.8 Å². The molecule has 1 aromatic carbocycles. The average molecular weight is 274 g/mol. The second-order valence-electron chi connectivity index (χ2n) is 6.62. The van der Waals surface area contributed by atoms with Crippen molar-refractivity contribution >= 4 is 0 Å². The molecule has 0 aromatic heterocycles. The van der Waals surface area contributed by atoms with Gasteiger partial charge in [-0.15, -0.1) is 0 Å². The summed E-state index contributed by atoms with van der Waals surface area (Å²) < 4.78 is 0. The molecule has 0 heterocycles. The van der Waals surface area contributed by atoms with Crippen LogP contribution in [0, 0.1) is 11.8 Å². The van der Waals surface area contributed by atoms with Gasteiger partial charge in [-0.25, -0.2) is 0 Å². The van der Waals surface area contributed by atoms with Crippen molar-refractivity contribution in [2.75, 3.05) is 19.6 Å². The first-order chi connectivity index (χ1) is 9.63. The number of nitrogens with two attached hydrogens (primary N) is 1. The van der Waals surface area contributed by atoms with Gasteiger partial charge in [-0.2, -0.15) is 0 Å². The zero-order valence-electron chi connectivity index (χ0n) is 13.3. The molecule has 1 fully saturated rings. The highest BCUT2D eigenvalue weighted by atomic mass is 15.2. The fourth-order valence-electron chi connectivity index (χ4n) is 2.95. The van der Waals surface area contributed by atoms with Crippen LogP contribution in [0.25, 0.3) is 0 Å². The molecule has 112 valence electrons. The van der Waals surface area contributed by atoms with E-state index in [0.717, 1.165) is 18.9 Å². The van der Waals surface area contributed by atoms with E-state index in [-0.39, 0.29) is 0 Å². The molecule has 1 aliphatic carbocycles. The first-order valence-corrected chi connectivity index (χ1v) is 8.17. The van der Waals surface area contributed by atoms with Crippen molar-refractivity contribution in [3.05, 3.63) is 35.4 Å². The molecule has 2 rings (SSSR count). The van der Waals surface area contributed by atoms with Crippen molar-refractivity contribution in [2.24, 2.45) is 17.6 Å². The number of nitrogens with zero attached hydrogens (tertiary/aromatic N) is 1. The fourth-order valence-corrected chi connectivity index (χ4v) is 2.95. The summed E-state index contributed by atoms with van der Waals surface area (Å²) in [5.41, 5.74) is 8.87. The molecule has 2 heteroatoms. The Kier molecular flexibility index (Phi) is 5.62.